The normalized spacial score (nSPS) is 10.4. The minimum Gasteiger partial charge on any atom is -0.381 e. The lowest BCUT2D eigenvalue weighted by Gasteiger charge is -2.02. The van der Waals surface area contributed by atoms with Crippen LogP contribution in [-0.2, 0) is 0 Å². The highest BCUT2D eigenvalue weighted by Gasteiger charge is 2.11. The summed E-state index contributed by atoms with van der Waals surface area (Å²) in [4.78, 5) is 11.3. The summed E-state index contributed by atoms with van der Waals surface area (Å²) in [5, 5.41) is 0.430. The van der Waals surface area contributed by atoms with E-state index in [1.807, 2.05) is 0 Å². The highest BCUT2D eigenvalue weighted by atomic mass is 32.2. The van der Waals surface area contributed by atoms with Crippen molar-refractivity contribution in [3.05, 3.63) is 36.3 Å². The van der Waals surface area contributed by atoms with Gasteiger partial charge >= 0.3 is 0 Å². The molecule has 0 aliphatic heterocycles. The number of nitrogens with two attached hydrogens (primary N) is 1. The predicted molar refractivity (Wildman–Crippen MR) is 54.7 cm³/mol. The first-order chi connectivity index (χ1) is 7.66. The van der Waals surface area contributed by atoms with E-state index < -0.39 is 11.6 Å². The van der Waals surface area contributed by atoms with Crippen LogP contribution in [0.25, 0.3) is 0 Å². The lowest BCUT2D eigenvalue weighted by molar-refractivity contribution is 0.552. The number of nitrogens with zero attached hydrogens (tertiary/aromatic N) is 3. The molecule has 0 unspecified atom stereocenters. The van der Waals surface area contributed by atoms with E-state index in [1.165, 1.54) is 18.6 Å². The second-order valence-electron chi connectivity index (χ2n) is 2.79. The van der Waals surface area contributed by atoms with E-state index in [0.29, 0.717) is 11.1 Å². The maximum Gasteiger partial charge on any atom is 0.168 e. The summed E-state index contributed by atoms with van der Waals surface area (Å²) in [5.41, 5.74) is 5.24. The molecule has 0 saturated carbocycles. The van der Waals surface area contributed by atoms with Gasteiger partial charge in [0, 0.05) is 18.5 Å². The largest absolute Gasteiger partial charge is 0.381 e. The summed E-state index contributed by atoms with van der Waals surface area (Å²) >= 11 is 0.931. The van der Waals surface area contributed by atoms with Gasteiger partial charge in [0.25, 0.3) is 0 Å². The molecule has 0 spiro atoms. The van der Waals surface area contributed by atoms with Gasteiger partial charge in [-0.2, -0.15) is 0 Å². The topological polar surface area (TPSA) is 64.7 Å². The van der Waals surface area contributed by atoms with Gasteiger partial charge in [-0.1, -0.05) is 0 Å². The molecule has 0 saturated heterocycles. The molecule has 0 bridgehead atoms. The maximum atomic E-state index is 13.3. The number of aromatic nitrogens is 3. The van der Waals surface area contributed by atoms with Crippen LogP contribution < -0.4 is 5.73 Å². The van der Waals surface area contributed by atoms with Gasteiger partial charge < -0.3 is 5.73 Å². The molecule has 0 atom stereocenters. The first kappa shape index (κ1) is 10.7. The Bertz CT molecular complexity index is 506. The molecule has 2 aromatic rings. The van der Waals surface area contributed by atoms with Crippen LogP contribution in [-0.4, -0.2) is 15.0 Å². The number of halogens is 2. The molecule has 4 nitrogen and oxygen atoms in total. The van der Waals surface area contributed by atoms with Crippen LogP contribution in [0, 0.1) is 11.6 Å². The van der Waals surface area contributed by atoms with E-state index in [1.54, 1.807) is 0 Å². The van der Waals surface area contributed by atoms with Crippen LogP contribution in [0.2, 0.25) is 0 Å². The monoisotopic (exact) mass is 240 g/mol. The molecular formula is C9H6F2N4S. The van der Waals surface area contributed by atoms with Crippen molar-refractivity contribution in [2.45, 2.75) is 10.1 Å². The number of rotatable bonds is 2. The van der Waals surface area contributed by atoms with Crippen molar-refractivity contribution in [2.75, 3.05) is 5.73 Å². The summed E-state index contributed by atoms with van der Waals surface area (Å²) < 4.78 is 26.1. The molecule has 0 aliphatic carbocycles. The number of anilines is 1. The van der Waals surface area contributed by atoms with Gasteiger partial charge in [0.05, 0.1) is 6.20 Å². The van der Waals surface area contributed by atoms with Crippen LogP contribution in [0.1, 0.15) is 0 Å². The van der Waals surface area contributed by atoms with Gasteiger partial charge in [0.15, 0.2) is 17.5 Å². The first-order valence-corrected chi connectivity index (χ1v) is 5.04. The van der Waals surface area contributed by atoms with E-state index in [9.17, 15) is 8.78 Å². The van der Waals surface area contributed by atoms with Crippen molar-refractivity contribution < 1.29 is 8.78 Å². The maximum absolute atomic E-state index is 13.3. The Morgan fingerprint density at radius 3 is 2.69 bits per heavy atom. The Balaban J connectivity index is 2.32. The minimum atomic E-state index is -0.874. The number of nitrogen functional groups attached to an aromatic ring is 1. The van der Waals surface area contributed by atoms with Gasteiger partial charge in [-0.25, -0.2) is 18.7 Å². The molecule has 0 aliphatic rings. The predicted octanol–water partition coefficient (Wildman–Crippen LogP) is 1.88. The Morgan fingerprint density at radius 2 is 2.00 bits per heavy atom. The third-order valence-electron chi connectivity index (χ3n) is 1.67. The zero-order chi connectivity index (χ0) is 11.5. The van der Waals surface area contributed by atoms with Crippen molar-refractivity contribution in [1.29, 1.82) is 0 Å². The quantitative estimate of drug-likeness (QED) is 0.868. The van der Waals surface area contributed by atoms with E-state index in [-0.39, 0.29) is 10.8 Å². The summed E-state index contributed by atoms with van der Waals surface area (Å²) in [6, 6.07) is 0.695. The number of pyridine rings is 1. The molecule has 2 heterocycles. The summed E-state index contributed by atoms with van der Waals surface area (Å²) in [6.45, 7) is 0. The highest BCUT2D eigenvalue weighted by molar-refractivity contribution is 7.99. The first-order valence-electron chi connectivity index (χ1n) is 4.22. The van der Waals surface area contributed by atoms with Gasteiger partial charge in [-0.3, -0.25) is 4.98 Å². The van der Waals surface area contributed by atoms with Crippen molar-refractivity contribution >= 4 is 17.6 Å². The Hall–Kier alpha value is -1.76. The molecule has 2 N–H and O–H groups in total. The molecule has 82 valence electrons. The Kier molecular flexibility index (Phi) is 2.95. The molecule has 0 aromatic carbocycles. The molecule has 2 aromatic heterocycles. The van der Waals surface area contributed by atoms with E-state index in [0.717, 1.165) is 11.8 Å². The zero-order valence-electron chi connectivity index (χ0n) is 7.89. The van der Waals surface area contributed by atoms with Gasteiger partial charge in [0.1, 0.15) is 10.1 Å². The Morgan fingerprint density at radius 1 is 1.19 bits per heavy atom. The second-order valence-corrected chi connectivity index (χ2v) is 3.80. The number of hydrogen-bond donors (Lipinski definition) is 1. The van der Waals surface area contributed by atoms with Crippen molar-refractivity contribution in [2.24, 2.45) is 0 Å². The average Bonchev–Trinajstić information content (AvgIpc) is 2.27. The summed E-state index contributed by atoms with van der Waals surface area (Å²) in [7, 11) is 0. The SMILES string of the molecule is Nc1nc(Sc2cnccn2)c(F)cc1F. The summed E-state index contributed by atoms with van der Waals surface area (Å²) in [6.07, 6.45) is 4.41. The lowest BCUT2D eigenvalue weighted by Crippen LogP contribution is -1.99. The molecule has 0 fully saturated rings. The van der Waals surface area contributed by atoms with Crippen LogP contribution in [0.4, 0.5) is 14.6 Å². The molecule has 7 heteroatoms. The third-order valence-corrected chi connectivity index (χ3v) is 2.56. The van der Waals surface area contributed by atoms with Gasteiger partial charge in [0.2, 0.25) is 0 Å². The fraction of sp³-hybridized carbons (Fsp3) is 0. The fourth-order valence-corrected chi connectivity index (χ4v) is 1.70. The lowest BCUT2D eigenvalue weighted by atomic mass is 10.4. The highest BCUT2D eigenvalue weighted by Crippen LogP contribution is 2.27. The van der Waals surface area contributed by atoms with Gasteiger partial charge in [-0.05, 0) is 11.8 Å². The average molecular weight is 240 g/mol. The number of hydrogen-bond acceptors (Lipinski definition) is 5. The molecule has 2 rings (SSSR count). The van der Waals surface area contributed by atoms with Crippen molar-refractivity contribution in [3.8, 4) is 0 Å². The van der Waals surface area contributed by atoms with Crippen LogP contribution >= 0.6 is 11.8 Å². The molecule has 0 radical (unpaired) electrons. The second kappa shape index (κ2) is 4.40. The standard InChI is InChI=1S/C9H6F2N4S/c10-5-3-6(11)9(15-8(5)12)16-7-4-13-1-2-14-7/h1-4H,(H2,12,15). The van der Waals surface area contributed by atoms with Crippen molar-refractivity contribution in [3.63, 3.8) is 0 Å². The minimum absolute atomic E-state index is 0.0283. The van der Waals surface area contributed by atoms with Crippen LogP contribution in [0.15, 0.2) is 34.7 Å². The molecule has 0 amide bonds. The van der Waals surface area contributed by atoms with Crippen molar-refractivity contribution in [1.82, 2.24) is 15.0 Å². The van der Waals surface area contributed by atoms with Crippen LogP contribution in [0.5, 0.6) is 0 Å². The van der Waals surface area contributed by atoms with Crippen LogP contribution in [0.3, 0.4) is 0 Å². The summed E-state index contributed by atoms with van der Waals surface area (Å²) in [5.74, 6) is -1.99. The van der Waals surface area contributed by atoms with E-state index in [2.05, 4.69) is 15.0 Å². The van der Waals surface area contributed by atoms with E-state index >= 15 is 0 Å². The third kappa shape index (κ3) is 2.25. The smallest absolute Gasteiger partial charge is 0.168 e. The zero-order valence-corrected chi connectivity index (χ0v) is 8.71. The van der Waals surface area contributed by atoms with Gasteiger partial charge in [-0.15, -0.1) is 0 Å². The molecule has 16 heavy (non-hydrogen) atoms. The Labute approximate surface area is 93.9 Å². The fourth-order valence-electron chi connectivity index (χ4n) is 0.972. The molecular weight excluding hydrogens is 234 g/mol. The van der Waals surface area contributed by atoms with E-state index in [4.69, 9.17) is 5.73 Å².